The number of carbonyl (C=O) groups excluding carboxylic acids is 2. The Hall–Kier alpha value is -1.59. The molecule has 1 aromatic rings. The van der Waals surface area contributed by atoms with E-state index in [-0.39, 0.29) is 18.0 Å². The average Bonchev–Trinajstić information content (AvgIpc) is 2.64. The smallest absolute Gasteiger partial charge is 0.253 e. The van der Waals surface area contributed by atoms with Crippen molar-refractivity contribution < 1.29 is 9.59 Å². The first-order valence-electron chi connectivity index (χ1n) is 9.95. The van der Waals surface area contributed by atoms with E-state index in [2.05, 4.69) is 23.9 Å². The summed E-state index contributed by atoms with van der Waals surface area (Å²) in [7, 11) is 4.13. The van der Waals surface area contributed by atoms with Crippen LogP contribution in [0.5, 0.6) is 0 Å². The third-order valence-corrected chi connectivity index (χ3v) is 6.64. The zero-order valence-electron chi connectivity index (χ0n) is 16.1. The third-order valence-electron chi connectivity index (χ3n) is 6.41. The Morgan fingerprint density at radius 1 is 1.26 bits per heavy atom. The molecule has 3 saturated heterocycles. The van der Waals surface area contributed by atoms with Gasteiger partial charge in [0.25, 0.3) is 5.91 Å². The Balaban J connectivity index is 1.60. The molecular weight excluding hydrogens is 362 g/mol. The SMILES string of the molecule is CN(C)C[C@H]1[C@H]2C[C@H](CN(C(=O)c3cccc(Cl)c3)C2)[C@@H]2CCCC(=O)N21. The van der Waals surface area contributed by atoms with E-state index in [1.54, 1.807) is 12.1 Å². The molecule has 1 aromatic carbocycles. The standard InChI is InChI=1S/C21H28ClN3O2/c1-23(2)13-19-16-9-15(18-7-4-8-20(26)25(18)19)11-24(12-16)21(27)14-5-3-6-17(22)10-14/h3,5-6,10,15-16,18-19H,4,7-9,11-13H2,1-2H3/t15-,16+,18+,19+/m1/s1. The normalized spacial score (nSPS) is 30.4. The van der Waals surface area contributed by atoms with Gasteiger partial charge in [0.15, 0.2) is 0 Å². The number of likely N-dealkylation sites (tertiary alicyclic amines) is 1. The van der Waals surface area contributed by atoms with Gasteiger partial charge in [0, 0.05) is 48.7 Å². The third kappa shape index (κ3) is 3.59. The summed E-state index contributed by atoms with van der Waals surface area (Å²) < 4.78 is 0. The van der Waals surface area contributed by atoms with Crippen molar-refractivity contribution in [3.63, 3.8) is 0 Å². The van der Waals surface area contributed by atoms with E-state index in [0.717, 1.165) is 38.9 Å². The van der Waals surface area contributed by atoms with E-state index in [1.807, 2.05) is 17.0 Å². The van der Waals surface area contributed by atoms with Crippen LogP contribution >= 0.6 is 11.6 Å². The van der Waals surface area contributed by atoms with Crippen LogP contribution in [0.3, 0.4) is 0 Å². The predicted molar refractivity (Wildman–Crippen MR) is 106 cm³/mol. The Labute approximate surface area is 166 Å². The Morgan fingerprint density at radius 2 is 2.04 bits per heavy atom. The number of halogens is 1. The number of nitrogens with zero attached hydrogens (tertiary/aromatic N) is 3. The summed E-state index contributed by atoms with van der Waals surface area (Å²) in [5.41, 5.74) is 0.656. The lowest BCUT2D eigenvalue weighted by Crippen LogP contribution is -2.67. The molecule has 3 aliphatic rings. The molecule has 2 amide bonds. The van der Waals surface area contributed by atoms with Crippen LogP contribution in [0.25, 0.3) is 0 Å². The molecule has 0 aliphatic carbocycles. The monoisotopic (exact) mass is 389 g/mol. The van der Waals surface area contributed by atoms with Crippen molar-refractivity contribution >= 4 is 23.4 Å². The van der Waals surface area contributed by atoms with Gasteiger partial charge in [0.05, 0.1) is 0 Å². The molecule has 3 aliphatic heterocycles. The van der Waals surface area contributed by atoms with Crippen molar-refractivity contribution in [2.24, 2.45) is 11.8 Å². The summed E-state index contributed by atoms with van der Waals surface area (Å²) in [6, 6.07) is 7.69. The second-order valence-corrected chi connectivity index (χ2v) is 9.00. The highest BCUT2D eigenvalue weighted by Crippen LogP contribution is 2.42. The topological polar surface area (TPSA) is 43.9 Å². The van der Waals surface area contributed by atoms with E-state index in [0.29, 0.717) is 34.7 Å². The fraction of sp³-hybridized carbons (Fsp3) is 0.619. The molecule has 3 heterocycles. The average molecular weight is 390 g/mol. The van der Waals surface area contributed by atoms with Crippen LogP contribution < -0.4 is 0 Å². The summed E-state index contributed by atoms with van der Waals surface area (Å²) in [4.78, 5) is 32.2. The molecule has 5 nitrogen and oxygen atoms in total. The number of amides is 2. The van der Waals surface area contributed by atoms with E-state index in [4.69, 9.17) is 11.6 Å². The van der Waals surface area contributed by atoms with Crippen molar-refractivity contribution in [2.75, 3.05) is 33.7 Å². The predicted octanol–water partition coefficient (Wildman–Crippen LogP) is 2.74. The largest absolute Gasteiger partial charge is 0.338 e. The molecule has 6 heteroatoms. The van der Waals surface area contributed by atoms with Gasteiger partial charge >= 0.3 is 0 Å². The number of fused-ring (bicyclic) bond motifs is 4. The summed E-state index contributed by atoms with van der Waals surface area (Å²) in [6.07, 6.45) is 3.82. The van der Waals surface area contributed by atoms with Crippen molar-refractivity contribution in [1.82, 2.24) is 14.7 Å². The number of hydrogen-bond acceptors (Lipinski definition) is 3. The highest BCUT2D eigenvalue weighted by atomic mass is 35.5. The molecule has 2 bridgehead atoms. The number of benzene rings is 1. The Bertz CT molecular complexity index is 738. The minimum atomic E-state index is 0.0615. The van der Waals surface area contributed by atoms with Crippen molar-refractivity contribution in [2.45, 2.75) is 37.8 Å². The molecule has 0 unspecified atom stereocenters. The zero-order valence-corrected chi connectivity index (χ0v) is 16.9. The molecule has 0 radical (unpaired) electrons. The van der Waals surface area contributed by atoms with Crippen LogP contribution in [0.1, 0.15) is 36.0 Å². The Morgan fingerprint density at radius 3 is 2.78 bits per heavy atom. The minimum absolute atomic E-state index is 0.0615. The number of hydrogen-bond donors (Lipinski definition) is 0. The van der Waals surface area contributed by atoms with Crippen LogP contribution in [0.4, 0.5) is 0 Å². The molecule has 0 saturated carbocycles. The maximum Gasteiger partial charge on any atom is 0.253 e. The van der Waals surface area contributed by atoms with Crippen LogP contribution in [-0.4, -0.2) is 72.3 Å². The molecule has 4 atom stereocenters. The van der Waals surface area contributed by atoms with Gasteiger partial charge in [-0.15, -0.1) is 0 Å². The molecule has 4 rings (SSSR count). The van der Waals surface area contributed by atoms with E-state index in [9.17, 15) is 9.59 Å². The van der Waals surface area contributed by atoms with E-state index in [1.165, 1.54) is 0 Å². The summed E-state index contributed by atoms with van der Waals surface area (Å²) in [5, 5.41) is 0.590. The lowest BCUT2D eigenvalue weighted by atomic mass is 9.72. The number of rotatable bonds is 3. The van der Waals surface area contributed by atoms with Gasteiger partial charge in [0.1, 0.15) is 0 Å². The van der Waals surface area contributed by atoms with Gasteiger partial charge < -0.3 is 14.7 Å². The quantitative estimate of drug-likeness (QED) is 0.798. The molecule has 0 spiro atoms. The molecule has 0 aromatic heterocycles. The minimum Gasteiger partial charge on any atom is -0.338 e. The first-order chi connectivity index (χ1) is 12.9. The first-order valence-corrected chi connectivity index (χ1v) is 10.3. The maximum atomic E-state index is 13.1. The first kappa shape index (κ1) is 18.8. The van der Waals surface area contributed by atoms with Gasteiger partial charge in [-0.05, 0) is 63.4 Å². The fourth-order valence-corrected chi connectivity index (χ4v) is 5.54. The number of likely N-dealkylation sites (N-methyl/N-ethyl adjacent to an activating group) is 1. The maximum absolute atomic E-state index is 13.1. The van der Waals surface area contributed by atoms with Crippen molar-refractivity contribution in [3.8, 4) is 0 Å². The van der Waals surface area contributed by atoms with Crippen LogP contribution in [0.2, 0.25) is 5.02 Å². The zero-order chi connectivity index (χ0) is 19.1. The highest BCUT2D eigenvalue weighted by molar-refractivity contribution is 6.30. The van der Waals surface area contributed by atoms with Crippen molar-refractivity contribution in [1.29, 1.82) is 0 Å². The molecule has 3 fully saturated rings. The molecule has 146 valence electrons. The molecular formula is C21H28ClN3O2. The lowest BCUT2D eigenvalue weighted by Gasteiger charge is -2.57. The number of piperidine rings is 3. The van der Waals surface area contributed by atoms with Crippen LogP contribution in [0.15, 0.2) is 24.3 Å². The molecule has 27 heavy (non-hydrogen) atoms. The Kier molecular flexibility index (Phi) is 5.17. The second-order valence-electron chi connectivity index (χ2n) is 8.57. The fourth-order valence-electron chi connectivity index (χ4n) is 5.35. The van der Waals surface area contributed by atoms with Gasteiger partial charge in [-0.3, -0.25) is 9.59 Å². The highest BCUT2D eigenvalue weighted by Gasteiger charge is 2.50. The molecule has 0 N–H and O–H groups in total. The van der Waals surface area contributed by atoms with E-state index < -0.39 is 0 Å². The van der Waals surface area contributed by atoms with Gasteiger partial charge in [-0.25, -0.2) is 0 Å². The summed E-state index contributed by atoms with van der Waals surface area (Å²) in [6.45, 7) is 2.32. The summed E-state index contributed by atoms with van der Waals surface area (Å²) >= 11 is 6.09. The summed E-state index contributed by atoms with van der Waals surface area (Å²) in [5.74, 6) is 1.09. The van der Waals surface area contributed by atoms with Crippen LogP contribution in [-0.2, 0) is 4.79 Å². The van der Waals surface area contributed by atoms with Crippen LogP contribution in [0, 0.1) is 11.8 Å². The van der Waals surface area contributed by atoms with Gasteiger partial charge in [0.2, 0.25) is 5.91 Å². The van der Waals surface area contributed by atoms with Gasteiger partial charge in [-0.1, -0.05) is 17.7 Å². The lowest BCUT2D eigenvalue weighted by molar-refractivity contribution is -0.152. The second kappa shape index (κ2) is 7.44. The van der Waals surface area contributed by atoms with Gasteiger partial charge in [-0.2, -0.15) is 0 Å². The number of carbonyl (C=O) groups is 2. The van der Waals surface area contributed by atoms with E-state index >= 15 is 0 Å². The van der Waals surface area contributed by atoms with Crippen molar-refractivity contribution in [3.05, 3.63) is 34.9 Å².